The Kier molecular flexibility index (Phi) is 3.65. The van der Waals surface area contributed by atoms with Crippen LogP contribution in [0, 0.1) is 0 Å². The van der Waals surface area contributed by atoms with E-state index in [4.69, 9.17) is 10.5 Å². The molecular formula is C14H12F2N2O2. The van der Waals surface area contributed by atoms with E-state index in [1.54, 1.807) is 0 Å². The Labute approximate surface area is 114 Å². The number of primary amides is 1. The molecule has 1 heterocycles. The Bertz CT molecular complexity index is 605. The number of amides is 1. The molecule has 2 N–H and O–H groups in total. The third-order valence-corrected chi connectivity index (χ3v) is 2.60. The molecule has 0 bridgehead atoms. The summed E-state index contributed by atoms with van der Waals surface area (Å²) < 4.78 is 31.4. The molecule has 0 atom stereocenters. The smallest absolute Gasteiger partial charge is 0.270 e. The second-order valence-electron chi connectivity index (χ2n) is 4.26. The van der Waals surface area contributed by atoms with Gasteiger partial charge in [-0.2, -0.15) is 0 Å². The monoisotopic (exact) mass is 278 g/mol. The lowest BCUT2D eigenvalue weighted by molar-refractivity contribution is 0.0174. The van der Waals surface area contributed by atoms with Crippen molar-refractivity contribution in [3.63, 3.8) is 0 Å². The zero-order valence-electron chi connectivity index (χ0n) is 10.6. The number of nitrogens with two attached hydrogens (primary N) is 1. The fourth-order valence-electron chi connectivity index (χ4n) is 1.52. The van der Waals surface area contributed by atoms with Gasteiger partial charge in [-0.05, 0) is 30.3 Å². The molecule has 4 nitrogen and oxygen atoms in total. The Morgan fingerprint density at radius 1 is 1.20 bits per heavy atom. The van der Waals surface area contributed by atoms with E-state index in [2.05, 4.69) is 4.98 Å². The van der Waals surface area contributed by atoms with Crippen molar-refractivity contribution >= 4 is 5.91 Å². The Balaban J connectivity index is 2.12. The molecule has 2 aromatic rings. The molecule has 104 valence electrons. The van der Waals surface area contributed by atoms with Crippen LogP contribution < -0.4 is 10.5 Å². The van der Waals surface area contributed by atoms with Crippen molar-refractivity contribution in [3.8, 4) is 11.6 Å². The van der Waals surface area contributed by atoms with Crippen LogP contribution >= 0.6 is 0 Å². The van der Waals surface area contributed by atoms with Crippen LogP contribution in [-0.4, -0.2) is 10.9 Å². The van der Waals surface area contributed by atoms with Crippen LogP contribution in [0.1, 0.15) is 22.8 Å². The molecule has 20 heavy (non-hydrogen) atoms. The molecule has 1 amide bonds. The first-order chi connectivity index (χ1) is 9.36. The summed E-state index contributed by atoms with van der Waals surface area (Å²) in [5, 5.41) is 0. The van der Waals surface area contributed by atoms with Gasteiger partial charge in [0, 0.05) is 24.8 Å². The maximum absolute atomic E-state index is 13.0. The highest BCUT2D eigenvalue weighted by Gasteiger charge is 2.23. The number of pyridine rings is 1. The van der Waals surface area contributed by atoms with Gasteiger partial charge in [-0.1, -0.05) is 0 Å². The van der Waals surface area contributed by atoms with E-state index in [1.807, 2.05) is 0 Å². The number of hydrogen-bond donors (Lipinski definition) is 1. The van der Waals surface area contributed by atoms with Gasteiger partial charge in [0.25, 0.3) is 5.92 Å². The average Bonchev–Trinajstić information content (AvgIpc) is 2.39. The van der Waals surface area contributed by atoms with Gasteiger partial charge < -0.3 is 10.5 Å². The number of hydrogen-bond acceptors (Lipinski definition) is 3. The van der Waals surface area contributed by atoms with Gasteiger partial charge in [-0.25, -0.2) is 13.8 Å². The lowest BCUT2D eigenvalue weighted by atomic mass is 10.1. The van der Waals surface area contributed by atoms with Gasteiger partial charge >= 0.3 is 0 Å². The zero-order valence-corrected chi connectivity index (χ0v) is 10.6. The van der Waals surface area contributed by atoms with Crippen molar-refractivity contribution in [1.29, 1.82) is 0 Å². The van der Waals surface area contributed by atoms with E-state index in [1.165, 1.54) is 42.6 Å². The van der Waals surface area contributed by atoms with Crippen molar-refractivity contribution in [1.82, 2.24) is 4.98 Å². The highest BCUT2D eigenvalue weighted by Crippen LogP contribution is 2.29. The molecule has 0 spiro atoms. The summed E-state index contributed by atoms with van der Waals surface area (Å²) in [7, 11) is 0. The van der Waals surface area contributed by atoms with Crippen LogP contribution in [0.4, 0.5) is 8.78 Å². The first-order valence-electron chi connectivity index (χ1n) is 5.78. The topological polar surface area (TPSA) is 65.2 Å². The predicted molar refractivity (Wildman–Crippen MR) is 68.8 cm³/mol. The van der Waals surface area contributed by atoms with E-state index in [0.29, 0.717) is 5.75 Å². The van der Waals surface area contributed by atoms with E-state index in [9.17, 15) is 13.6 Å². The average molecular weight is 278 g/mol. The molecule has 0 saturated carbocycles. The first-order valence-corrected chi connectivity index (χ1v) is 5.78. The van der Waals surface area contributed by atoms with Gasteiger partial charge in [0.15, 0.2) is 0 Å². The molecule has 1 aromatic heterocycles. The maximum atomic E-state index is 13.0. The molecule has 0 aliphatic rings. The lowest BCUT2D eigenvalue weighted by Gasteiger charge is -2.11. The Hall–Kier alpha value is -2.50. The third kappa shape index (κ3) is 3.28. The first kappa shape index (κ1) is 13.9. The second-order valence-corrected chi connectivity index (χ2v) is 4.26. The predicted octanol–water partition coefficient (Wildman–Crippen LogP) is 3.08. The van der Waals surface area contributed by atoms with E-state index in [0.717, 1.165) is 6.92 Å². The van der Waals surface area contributed by atoms with Crippen molar-refractivity contribution < 1.29 is 18.3 Å². The van der Waals surface area contributed by atoms with Gasteiger partial charge in [-0.15, -0.1) is 0 Å². The standard InChI is InChI=1S/C14H12F2N2O2/c1-14(15,16)10-3-5-11(6-4-10)20-12-7-2-9(8-18-12)13(17)19/h2-8H,1H3,(H2,17,19). The summed E-state index contributed by atoms with van der Waals surface area (Å²) in [6.45, 7) is 0.826. The van der Waals surface area contributed by atoms with Crippen LogP contribution in [0.2, 0.25) is 0 Å². The maximum Gasteiger partial charge on any atom is 0.270 e. The fraction of sp³-hybridized carbons (Fsp3) is 0.143. The van der Waals surface area contributed by atoms with Crippen LogP contribution in [0.25, 0.3) is 0 Å². The van der Waals surface area contributed by atoms with Crippen molar-refractivity contribution in [2.24, 2.45) is 5.73 Å². The minimum Gasteiger partial charge on any atom is -0.439 e. The Morgan fingerprint density at radius 3 is 2.30 bits per heavy atom. The SMILES string of the molecule is CC(F)(F)c1ccc(Oc2ccc(C(N)=O)cn2)cc1. The van der Waals surface area contributed by atoms with E-state index in [-0.39, 0.29) is 17.0 Å². The number of halogens is 2. The minimum atomic E-state index is -2.89. The van der Waals surface area contributed by atoms with Crippen LogP contribution in [-0.2, 0) is 5.92 Å². The highest BCUT2D eigenvalue weighted by atomic mass is 19.3. The highest BCUT2D eigenvalue weighted by molar-refractivity contribution is 5.92. The number of ether oxygens (including phenoxy) is 1. The molecule has 0 aliphatic carbocycles. The Morgan fingerprint density at radius 2 is 1.85 bits per heavy atom. The third-order valence-electron chi connectivity index (χ3n) is 2.60. The van der Waals surface area contributed by atoms with Gasteiger partial charge in [0.1, 0.15) is 5.75 Å². The number of benzene rings is 1. The molecule has 0 unspecified atom stereocenters. The summed E-state index contributed by atoms with van der Waals surface area (Å²) in [5.74, 6) is -2.86. The largest absolute Gasteiger partial charge is 0.439 e. The summed E-state index contributed by atoms with van der Waals surface area (Å²) >= 11 is 0. The molecule has 2 rings (SSSR count). The summed E-state index contributed by atoms with van der Waals surface area (Å²) in [6.07, 6.45) is 1.28. The second kappa shape index (κ2) is 5.24. The molecule has 6 heteroatoms. The number of aromatic nitrogens is 1. The lowest BCUT2D eigenvalue weighted by Crippen LogP contribution is -2.10. The van der Waals surface area contributed by atoms with Gasteiger partial charge in [0.2, 0.25) is 11.8 Å². The molecule has 0 radical (unpaired) electrons. The van der Waals surface area contributed by atoms with E-state index < -0.39 is 11.8 Å². The van der Waals surface area contributed by atoms with Crippen LogP contribution in [0.15, 0.2) is 42.6 Å². The van der Waals surface area contributed by atoms with Crippen LogP contribution in [0.5, 0.6) is 11.6 Å². The molecule has 0 saturated heterocycles. The summed E-state index contributed by atoms with van der Waals surface area (Å²) in [5.41, 5.74) is 5.25. The molecular weight excluding hydrogens is 266 g/mol. The number of carbonyl (C=O) groups excluding carboxylic acids is 1. The number of nitrogens with zero attached hydrogens (tertiary/aromatic N) is 1. The minimum absolute atomic E-state index is 0.0955. The molecule has 0 aliphatic heterocycles. The van der Waals surface area contributed by atoms with Gasteiger partial charge in [-0.3, -0.25) is 4.79 Å². The number of alkyl halides is 2. The van der Waals surface area contributed by atoms with Crippen molar-refractivity contribution in [2.75, 3.05) is 0 Å². The summed E-state index contributed by atoms with van der Waals surface area (Å²) in [4.78, 5) is 14.8. The fourth-order valence-corrected chi connectivity index (χ4v) is 1.52. The summed E-state index contributed by atoms with van der Waals surface area (Å²) in [6, 6.07) is 8.37. The number of carbonyl (C=O) groups is 1. The van der Waals surface area contributed by atoms with E-state index >= 15 is 0 Å². The molecule has 0 fully saturated rings. The van der Waals surface area contributed by atoms with Crippen LogP contribution in [0.3, 0.4) is 0 Å². The van der Waals surface area contributed by atoms with Gasteiger partial charge in [0.05, 0.1) is 5.56 Å². The van der Waals surface area contributed by atoms with Crippen molar-refractivity contribution in [3.05, 3.63) is 53.7 Å². The normalized spacial score (nSPS) is 11.2. The zero-order chi connectivity index (χ0) is 14.8. The van der Waals surface area contributed by atoms with Crippen molar-refractivity contribution in [2.45, 2.75) is 12.8 Å². The number of rotatable bonds is 4. The molecule has 1 aromatic carbocycles. The quantitative estimate of drug-likeness (QED) is 0.934.